The molecular formula is C15H17F3N2O5. The lowest BCUT2D eigenvalue weighted by Gasteiger charge is -2.49. The van der Waals surface area contributed by atoms with Gasteiger partial charge < -0.3 is 20.3 Å². The third kappa shape index (κ3) is 3.09. The summed E-state index contributed by atoms with van der Waals surface area (Å²) >= 11 is 0. The Bertz CT molecular complexity index is 681. The van der Waals surface area contributed by atoms with Gasteiger partial charge in [0, 0.05) is 7.05 Å². The molecule has 1 heterocycles. The highest BCUT2D eigenvalue weighted by Gasteiger charge is 2.69. The zero-order chi connectivity index (χ0) is 19.0. The van der Waals surface area contributed by atoms with Crippen molar-refractivity contribution in [1.82, 2.24) is 10.2 Å². The number of halogens is 3. The lowest BCUT2D eigenvalue weighted by molar-refractivity contribution is -0.328. The summed E-state index contributed by atoms with van der Waals surface area (Å²) in [7, 11) is 0.730. The minimum absolute atomic E-state index is 0.0159. The van der Waals surface area contributed by atoms with E-state index in [1.54, 1.807) is 0 Å². The number of benzene rings is 1. The van der Waals surface area contributed by atoms with Crippen LogP contribution in [0.1, 0.15) is 18.5 Å². The lowest BCUT2D eigenvalue weighted by Crippen LogP contribution is -2.73. The third-order valence-electron chi connectivity index (χ3n) is 4.05. The van der Waals surface area contributed by atoms with Crippen LogP contribution in [0.5, 0.6) is 5.75 Å². The fourth-order valence-electron chi connectivity index (χ4n) is 2.80. The molecule has 2 amide bonds. The normalized spacial score (nSPS) is 27.0. The van der Waals surface area contributed by atoms with Crippen molar-refractivity contribution in [3.8, 4) is 5.75 Å². The molecule has 1 aliphatic rings. The predicted molar refractivity (Wildman–Crippen MR) is 78.3 cm³/mol. The van der Waals surface area contributed by atoms with Crippen molar-refractivity contribution in [2.24, 2.45) is 5.92 Å². The molecule has 7 nitrogen and oxygen atoms in total. The standard InChI is InChI=1S/C15H17F3N2O5/c1-3-25-12(22)10-11(8-5-4-6-9(21)7-8)19-13(23)20(2)14(10,24)15(16,17)18/h4-7,10-11,21,24H,3H2,1-2H3,(H,19,23)/t10-,11+,14+/m0/s1. The molecule has 0 radical (unpaired) electrons. The molecule has 3 atom stereocenters. The Hall–Kier alpha value is -2.49. The van der Waals surface area contributed by atoms with Crippen LogP contribution in [0, 0.1) is 5.92 Å². The molecule has 0 bridgehead atoms. The molecule has 1 aliphatic heterocycles. The first-order valence-corrected chi connectivity index (χ1v) is 7.33. The molecule has 10 heteroatoms. The monoisotopic (exact) mass is 362 g/mol. The number of hydrogen-bond acceptors (Lipinski definition) is 5. The van der Waals surface area contributed by atoms with E-state index in [-0.39, 0.29) is 22.8 Å². The first kappa shape index (κ1) is 18.8. The highest BCUT2D eigenvalue weighted by atomic mass is 19.4. The van der Waals surface area contributed by atoms with Crippen LogP contribution in [0.4, 0.5) is 18.0 Å². The van der Waals surface area contributed by atoms with Crippen LogP contribution in [0.25, 0.3) is 0 Å². The molecule has 1 fully saturated rings. The van der Waals surface area contributed by atoms with Crippen molar-refractivity contribution in [1.29, 1.82) is 0 Å². The maximum absolute atomic E-state index is 13.6. The zero-order valence-electron chi connectivity index (χ0n) is 13.4. The van der Waals surface area contributed by atoms with Gasteiger partial charge in [0.05, 0.1) is 12.6 Å². The number of phenolic OH excluding ortho intramolecular Hbond substituents is 1. The molecule has 2 rings (SSSR count). The highest BCUT2D eigenvalue weighted by molar-refractivity contribution is 5.83. The van der Waals surface area contributed by atoms with E-state index in [1.807, 2.05) is 0 Å². The average Bonchev–Trinajstić information content (AvgIpc) is 2.51. The van der Waals surface area contributed by atoms with Gasteiger partial charge >= 0.3 is 18.2 Å². The largest absolute Gasteiger partial charge is 0.508 e. The Labute approximate surface area is 141 Å². The highest BCUT2D eigenvalue weighted by Crippen LogP contribution is 2.47. The van der Waals surface area contributed by atoms with Gasteiger partial charge in [-0.05, 0) is 24.6 Å². The van der Waals surface area contributed by atoms with Gasteiger partial charge in [-0.15, -0.1) is 0 Å². The van der Waals surface area contributed by atoms with Crippen LogP contribution in [0.2, 0.25) is 0 Å². The van der Waals surface area contributed by atoms with Crippen LogP contribution < -0.4 is 5.32 Å². The van der Waals surface area contributed by atoms with Gasteiger partial charge in [0.25, 0.3) is 5.72 Å². The molecular weight excluding hydrogens is 345 g/mol. The summed E-state index contributed by atoms with van der Waals surface area (Å²) in [6, 6.07) is 2.24. The summed E-state index contributed by atoms with van der Waals surface area (Å²) < 4.78 is 45.6. The summed E-state index contributed by atoms with van der Waals surface area (Å²) in [5.74, 6) is -3.80. The van der Waals surface area contributed by atoms with E-state index < -0.39 is 35.9 Å². The molecule has 0 unspecified atom stereocenters. The van der Waals surface area contributed by atoms with E-state index in [9.17, 15) is 33.0 Å². The first-order valence-electron chi connectivity index (χ1n) is 7.33. The molecule has 0 aromatic heterocycles. The Morgan fingerprint density at radius 3 is 2.60 bits per heavy atom. The second kappa shape index (κ2) is 6.43. The molecule has 0 aliphatic carbocycles. The van der Waals surface area contributed by atoms with Gasteiger partial charge in [-0.3, -0.25) is 9.69 Å². The van der Waals surface area contributed by atoms with Crippen LogP contribution in [0.15, 0.2) is 24.3 Å². The number of esters is 1. The van der Waals surface area contributed by atoms with Crippen LogP contribution >= 0.6 is 0 Å². The van der Waals surface area contributed by atoms with Crippen molar-refractivity contribution in [3.63, 3.8) is 0 Å². The number of alkyl halides is 3. The smallest absolute Gasteiger partial charge is 0.437 e. The summed E-state index contributed by atoms with van der Waals surface area (Å²) in [6.07, 6.45) is -5.33. The number of amides is 2. The number of nitrogens with one attached hydrogen (secondary N) is 1. The Morgan fingerprint density at radius 1 is 1.44 bits per heavy atom. The topological polar surface area (TPSA) is 99.1 Å². The Morgan fingerprint density at radius 2 is 2.08 bits per heavy atom. The van der Waals surface area contributed by atoms with E-state index in [4.69, 9.17) is 4.74 Å². The summed E-state index contributed by atoms with van der Waals surface area (Å²) in [5, 5.41) is 22.2. The van der Waals surface area contributed by atoms with Crippen molar-refractivity contribution in [3.05, 3.63) is 29.8 Å². The number of phenols is 1. The van der Waals surface area contributed by atoms with Gasteiger partial charge in [-0.1, -0.05) is 12.1 Å². The molecule has 0 saturated carbocycles. The van der Waals surface area contributed by atoms with Gasteiger partial charge in [0.15, 0.2) is 0 Å². The molecule has 25 heavy (non-hydrogen) atoms. The minimum Gasteiger partial charge on any atom is -0.508 e. The van der Waals surface area contributed by atoms with Gasteiger partial charge in [0.2, 0.25) is 0 Å². The quantitative estimate of drug-likeness (QED) is 0.708. The number of ether oxygens (including phenoxy) is 1. The van der Waals surface area contributed by atoms with Crippen molar-refractivity contribution < 1.29 is 37.7 Å². The number of nitrogens with zero attached hydrogens (tertiary/aromatic N) is 1. The SMILES string of the molecule is CCOC(=O)[C@@H]1[C@@H](c2cccc(O)c2)NC(=O)N(C)[C@]1(O)C(F)(F)F. The van der Waals surface area contributed by atoms with Crippen molar-refractivity contribution in [2.45, 2.75) is 24.9 Å². The Kier molecular flexibility index (Phi) is 4.85. The van der Waals surface area contributed by atoms with E-state index in [2.05, 4.69) is 5.32 Å². The van der Waals surface area contributed by atoms with Crippen LogP contribution in [-0.4, -0.2) is 52.7 Å². The molecule has 0 spiro atoms. The maximum Gasteiger partial charge on any atom is 0.437 e. The van der Waals surface area contributed by atoms with Gasteiger partial charge in [-0.25, -0.2) is 4.79 Å². The van der Waals surface area contributed by atoms with Crippen molar-refractivity contribution in [2.75, 3.05) is 13.7 Å². The summed E-state index contributed by atoms with van der Waals surface area (Å²) in [4.78, 5) is 24.3. The molecule has 1 saturated heterocycles. The van der Waals surface area contributed by atoms with Crippen LogP contribution in [0.3, 0.4) is 0 Å². The lowest BCUT2D eigenvalue weighted by atomic mass is 9.81. The fraction of sp³-hybridized carbons (Fsp3) is 0.467. The summed E-state index contributed by atoms with van der Waals surface area (Å²) in [5.41, 5.74) is -3.76. The zero-order valence-corrected chi connectivity index (χ0v) is 13.4. The number of urea groups is 1. The maximum atomic E-state index is 13.6. The van der Waals surface area contributed by atoms with Crippen LogP contribution in [-0.2, 0) is 9.53 Å². The Balaban J connectivity index is 2.64. The second-order valence-electron chi connectivity index (χ2n) is 5.53. The number of carbonyl (C=O) groups is 2. The number of rotatable bonds is 3. The summed E-state index contributed by atoms with van der Waals surface area (Å²) in [6.45, 7) is 1.19. The van der Waals surface area contributed by atoms with Gasteiger partial charge in [-0.2, -0.15) is 13.2 Å². The number of hydrogen-bond donors (Lipinski definition) is 3. The molecule has 138 valence electrons. The van der Waals surface area contributed by atoms with E-state index >= 15 is 0 Å². The molecule has 1 aromatic rings. The van der Waals surface area contributed by atoms with Crippen molar-refractivity contribution >= 4 is 12.0 Å². The fourth-order valence-corrected chi connectivity index (χ4v) is 2.80. The first-order chi connectivity index (χ1) is 11.5. The minimum atomic E-state index is -5.33. The number of aromatic hydroxyl groups is 1. The van der Waals surface area contributed by atoms with E-state index in [0.717, 1.165) is 13.1 Å². The third-order valence-corrected chi connectivity index (χ3v) is 4.05. The van der Waals surface area contributed by atoms with Gasteiger partial charge in [0.1, 0.15) is 11.7 Å². The van der Waals surface area contributed by atoms with E-state index in [1.165, 1.54) is 25.1 Å². The number of aliphatic hydroxyl groups is 1. The predicted octanol–water partition coefficient (Wildman–Crippen LogP) is 1.52. The molecule has 3 N–H and O–H groups in total. The number of carbonyl (C=O) groups excluding carboxylic acids is 2. The molecule has 1 aromatic carbocycles. The second-order valence-corrected chi connectivity index (χ2v) is 5.53. The average molecular weight is 362 g/mol. The van der Waals surface area contributed by atoms with E-state index in [0.29, 0.717) is 0 Å².